The molecule has 1 unspecified atom stereocenters. The Labute approximate surface area is 113 Å². The van der Waals surface area contributed by atoms with E-state index < -0.39 is 0 Å². The highest BCUT2D eigenvalue weighted by Gasteiger charge is 2.21. The molecule has 3 nitrogen and oxygen atoms in total. The Hall–Kier alpha value is -1.36. The van der Waals surface area contributed by atoms with E-state index in [-0.39, 0.29) is 5.82 Å². The third-order valence-electron chi connectivity index (χ3n) is 3.17. The molecule has 1 aromatic carbocycles. The zero-order valence-electron chi connectivity index (χ0n) is 9.86. The maximum Gasteiger partial charge on any atom is 0.297 e. The second-order valence-electron chi connectivity index (χ2n) is 4.40. The van der Waals surface area contributed by atoms with E-state index in [2.05, 4.69) is 27.8 Å². The van der Waals surface area contributed by atoms with Crippen LogP contribution >= 0.6 is 15.9 Å². The van der Waals surface area contributed by atoms with Crippen molar-refractivity contribution in [2.45, 2.75) is 19.4 Å². The Bertz CT molecular complexity index is 597. The minimum Gasteiger partial charge on any atom is -0.465 e. The van der Waals surface area contributed by atoms with Crippen LogP contribution in [0.3, 0.4) is 0 Å². The lowest BCUT2D eigenvalue weighted by Gasteiger charge is -2.21. The maximum atomic E-state index is 14.0. The SMILES string of the molecule is CC1CCOc2nc(-c3cccc(Br)c3F)cn21. The number of imidazole rings is 1. The third-order valence-corrected chi connectivity index (χ3v) is 3.78. The molecule has 0 fully saturated rings. The van der Waals surface area contributed by atoms with Crippen molar-refractivity contribution in [2.75, 3.05) is 6.61 Å². The summed E-state index contributed by atoms with van der Waals surface area (Å²) in [5.74, 6) is -0.291. The minimum atomic E-state index is -0.291. The monoisotopic (exact) mass is 310 g/mol. The first-order valence-electron chi connectivity index (χ1n) is 5.83. The molecule has 18 heavy (non-hydrogen) atoms. The number of benzene rings is 1. The van der Waals surface area contributed by atoms with E-state index in [0.717, 1.165) is 6.42 Å². The summed E-state index contributed by atoms with van der Waals surface area (Å²) in [6.07, 6.45) is 2.80. The molecule has 1 aromatic heterocycles. The van der Waals surface area contributed by atoms with Gasteiger partial charge in [-0.2, -0.15) is 4.98 Å². The molecule has 0 saturated carbocycles. The van der Waals surface area contributed by atoms with Gasteiger partial charge in [-0.15, -0.1) is 0 Å². The van der Waals surface area contributed by atoms with Crippen molar-refractivity contribution in [1.82, 2.24) is 9.55 Å². The zero-order valence-corrected chi connectivity index (χ0v) is 11.4. The fourth-order valence-electron chi connectivity index (χ4n) is 2.09. The summed E-state index contributed by atoms with van der Waals surface area (Å²) in [6.45, 7) is 2.77. The van der Waals surface area contributed by atoms with Crippen LogP contribution in [0, 0.1) is 5.82 Å². The Kier molecular flexibility index (Phi) is 2.86. The van der Waals surface area contributed by atoms with Crippen molar-refractivity contribution in [3.8, 4) is 17.3 Å². The lowest BCUT2D eigenvalue weighted by atomic mass is 10.1. The molecule has 0 spiro atoms. The van der Waals surface area contributed by atoms with Crippen LogP contribution in [0.4, 0.5) is 4.39 Å². The summed E-state index contributed by atoms with van der Waals surface area (Å²) in [6, 6.07) is 6.10. The molecule has 1 atom stereocenters. The minimum absolute atomic E-state index is 0.291. The fraction of sp³-hybridized carbons (Fsp3) is 0.308. The van der Waals surface area contributed by atoms with Gasteiger partial charge in [-0.25, -0.2) is 4.39 Å². The predicted octanol–water partition coefficient (Wildman–Crippen LogP) is 3.80. The van der Waals surface area contributed by atoms with E-state index in [1.807, 2.05) is 10.8 Å². The van der Waals surface area contributed by atoms with Gasteiger partial charge in [-0.1, -0.05) is 6.07 Å². The van der Waals surface area contributed by atoms with Gasteiger partial charge in [-0.3, -0.25) is 4.57 Å². The summed E-state index contributed by atoms with van der Waals surface area (Å²) < 4.78 is 21.9. The van der Waals surface area contributed by atoms with Gasteiger partial charge >= 0.3 is 0 Å². The van der Waals surface area contributed by atoms with E-state index in [0.29, 0.717) is 34.4 Å². The number of nitrogens with zero attached hydrogens (tertiary/aromatic N) is 2. The smallest absolute Gasteiger partial charge is 0.297 e. The topological polar surface area (TPSA) is 27.1 Å². The van der Waals surface area contributed by atoms with Crippen molar-refractivity contribution >= 4 is 15.9 Å². The second-order valence-corrected chi connectivity index (χ2v) is 5.26. The number of hydrogen-bond acceptors (Lipinski definition) is 2. The van der Waals surface area contributed by atoms with Gasteiger partial charge in [-0.05, 0) is 35.0 Å². The molecule has 0 saturated heterocycles. The predicted molar refractivity (Wildman–Crippen MR) is 70.1 cm³/mol. The van der Waals surface area contributed by atoms with Crippen molar-refractivity contribution in [3.05, 3.63) is 34.7 Å². The number of hydrogen-bond donors (Lipinski definition) is 0. The Morgan fingerprint density at radius 2 is 2.33 bits per heavy atom. The van der Waals surface area contributed by atoms with E-state index in [1.54, 1.807) is 18.2 Å². The molecule has 0 radical (unpaired) electrons. The average Bonchev–Trinajstić information content (AvgIpc) is 2.78. The van der Waals surface area contributed by atoms with Crippen LogP contribution in [0.15, 0.2) is 28.9 Å². The van der Waals surface area contributed by atoms with Crippen LogP contribution in [-0.4, -0.2) is 16.2 Å². The Balaban J connectivity index is 2.10. The zero-order chi connectivity index (χ0) is 12.7. The van der Waals surface area contributed by atoms with Gasteiger partial charge in [0.05, 0.1) is 16.8 Å². The molecule has 2 heterocycles. The molecule has 2 aromatic rings. The van der Waals surface area contributed by atoms with Crippen LogP contribution in [-0.2, 0) is 0 Å². The number of fused-ring (bicyclic) bond motifs is 1. The molecular weight excluding hydrogens is 299 g/mol. The highest BCUT2D eigenvalue weighted by molar-refractivity contribution is 9.10. The van der Waals surface area contributed by atoms with E-state index in [9.17, 15) is 4.39 Å². The largest absolute Gasteiger partial charge is 0.465 e. The number of aromatic nitrogens is 2. The summed E-state index contributed by atoms with van der Waals surface area (Å²) in [5.41, 5.74) is 1.10. The molecule has 0 amide bonds. The molecular formula is C13H12BrFN2O. The Morgan fingerprint density at radius 1 is 1.50 bits per heavy atom. The van der Waals surface area contributed by atoms with Gasteiger partial charge in [0.25, 0.3) is 6.01 Å². The summed E-state index contributed by atoms with van der Waals surface area (Å²) in [4.78, 5) is 4.35. The lowest BCUT2D eigenvalue weighted by molar-refractivity contribution is 0.205. The first-order valence-corrected chi connectivity index (χ1v) is 6.62. The lowest BCUT2D eigenvalue weighted by Crippen LogP contribution is -2.17. The molecule has 5 heteroatoms. The maximum absolute atomic E-state index is 14.0. The van der Waals surface area contributed by atoms with Crippen LogP contribution in [0.2, 0.25) is 0 Å². The standard InChI is InChI=1S/C13H12BrFN2O/c1-8-5-6-18-13-16-11(7-17(8)13)9-3-2-4-10(14)12(9)15/h2-4,7-8H,5-6H2,1H3. The first-order chi connectivity index (χ1) is 8.66. The number of rotatable bonds is 1. The first kappa shape index (κ1) is 11.7. The number of ether oxygens (including phenoxy) is 1. The molecule has 0 bridgehead atoms. The van der Waals surface area contributed by atoms with Crippen LogP contribution < -0.4 is 4.74 Å². The Morgan fingerprint density at radius 3 is 3.11 bits per heavy atom. The van der Waals surface area contributed by atoms with Crippen LogP contribution in [0.5, 0.6) is 6.01 Å². The highest BCUT2D eigenvalue weighted by atomic mass is 79.9. The molecule has 3 rings (SSSR count). The van der Waals surface area contributed by atoms with Gasteiger partial charge in [0.15, 0.2) is 0 Å². The van der Waals surface area contributed by atoms with Gasteiger partial charge in [0.1, 0.15) is 5.82 Å². The van der Waals surface area contributed by atoms with Crippen molar-refractivity contribution in [1.29, 1.82) is 0 Å². The van der Waals surface area contributed by atoms with Crippen LogP contribution in [0.25, 0.3) is 11.3 Å². The highest BCUT2D eigenvalue weighted by Crippen LogP contribution is 2.32. The number of halogens is 2. The third kappa shape index (κ3) is 1.82. The van der Waals surface area contributed by atoms with E-state index >= 15 is 0 Å². The molecule has 1 aliphatic rings. The molecule has 94 valence electrons. The quantitative estimate of drug-likeness (QED) is 0.801. The summed E-state index contributed by atoms with van der Waals surface area (Å²) in [7, 11) is 0. The van der Waals surface area contributed by atoms with Crippen molar-refractivity contribution in [2.24, 2.45) is 0 Å². The van der Waals surface area contributed by atoms with Gasteiger partial charge < -0.3 is 4.74 Å². The molecule has 0 aliphatic carbocycles. The second kappa shape index (κ2) is 4.39. The summed E-state index contributed by atoms with van der Waals surface area (Å²) in [5, 5.41) is 0. The van der Waals surface area contributed by atoms with Crippen molar-refractivity contribution < 1.29 is 9.13 Å². The fourth-order valence-corrected chi connectivity index (χ4v) is 2.46. The van der Waals surface area contributed by atoms with E-state index in [1.165, 1.54) is 0 Å². The molecule has 1 aliphatic heterocycles. The van der Waals surface area contributed by atoms with Gasteiger partial charge in [0.2, 0.25) is 0 Å². The normalized spacial score (nSPS) is 18.3. The van der Waals surface area contributed by atoms with Gasteiger partial charge in [0, 0.05) is 24.2 Å². The molecule has 0 N–H and O–H groups in total. The van der Waals surface area contributed by atoms with E-state index in [4.69, 9.17) is 4.74 Å². The van der Waals surface area contributed by atoms with Crippen molar-refractivity contribution in [3.63, 3.8) is 0 Å². The van der Waals surface area contributed by atoms with Crippen LogP contribution in [0.1, 0.15) is 19.4 Å². The average molecular weight is 311 g/mol. The summed E-state index contributed by atoms with van der Waals surface area (Å²) >= 11 is 3.19.